The van der Waals surface area contributed by atoms with E-state index in [1.165, 1.54) is 21.3 Å². The van der Waals surface area contributed by atoms with Crippen LogP contribution in [0.4, 0.5) is 0 Å². The first-order chi connectivity index (χ1) is 14.0. The van der Waals surface area contributed by atoms with Crippen LogP contribution in [0, 0.1) is 0 Å². The normalized spacial score (nSPS) is 11.3. The van der Waals surface area contributed by atoms with Crippen LogP contribution in [-0.2, 0) is 20.9 Å². The number of amides is 1. The molecule has 1 atom stereocenters. The summed E-state index contributed by atoms with van der Waals surface area (Å²) in [6, 6.07) is 12.9. The van der Waals surface area contributed by atoms with Gasteiger partial charge in [0.05, 0.1) is 27.2 Å². The molecule has 2 aromatic carbocycles. The summed E-state index contributed by atoms with van der Waals surface area (Å²) in [5.41, 5.74) is 1.63. The first-order valence-electron chi connectivity index (χ1n) is 9.31. The summed E-state index contributed by atoms with van der Waals surface area (Å²) in [6.45, 7) is 1.79. The number of carbonyl (C=O) groups is 2. The first-order valence-corrected chi connectivity index (χ1v) is 9.31. The van der Waals surface area contributed by atoms with Gasteiger partial charge in [-0.2, -0.15) is 0 Å². The lowest BCUT2D eigenvalue weighted by molar-refractivity contribution is -0.150. The maximum Gasteiger partial charge on any atom is 0.313 e. The van der Waals surface area contributed by atoms with Crippen LogP contribution in [0.5, 0.6) is 17.2 Å². The molecule has 0 heterocycles. The number of esters is 1. The van der Waals surface area contributed by atoms with Crippen molar-refractivity contribution in [2.45, 2.75) is 25.8 Å². The third-order valence-corrected chi connectivity index (χ3v) is 4.45. The summed E-state index contributed by atoms with van der Waals surface area (Å²) >= 11 is 0. The Balaban J connectivity index is 1.92. The zero-order valence-corrected chi connectivity index (χ0v) is 17.2. The number of benzene rings is 2. The van der Waals surface area contributed by atoms with Gasteiger partial charge in [-0.3, -0.25) is 9.59 Å². The van der Waals surface area contributed by atoms with Crippen molar-refractivity contribution in [3.63, 3.8) is 0 Å². The van der Waals surface area contributed by atoms with Crippen molar-refractivity contribution < 1.29 is 28.5 Å². The highest BCUT2D eigenvalue weighted by molar-refractivity contribution is 5.83. The van der Waals surface area contributed by atoms with E-state index in [0.29, 0.717) is 23.7 Å². The maximum atomic E-state index is 12.3. The minimum Gasteiger partial charge on any atom is -0.493 e. The number of hydrogen-bond acceptors (Lipinski definition) is 6. The van der Waals surface area contributed by atoms with Gasteiger partial charge in [-0.1, -0.05) is 37.3 Å². The summed E-state index contributed by atoms with van der Waals surface area (Å²) in [4.78, 5) is 24.5. The minimum absolute atomic E-state index is 0.225. The molecule has 0 spiro atoms. The maximum absolute atomic E-state index is 12.3. The van der Waals surface area contributed by atoms with E-state index in [-0.39, 0.29) is 19.1 Å². The highest BCUT2D eigenvalue weighted by atomic mass is 16.5. The Labute approximate surface area is 170 Å². The lowest BCUT2D eigenvalue weighted by Crippen LogP contribution is -2.29. The molecule has 2 rings (SSSR count). The van der Waals surface area contributed by atoms with Crippen molar-refractivity contribution >= 4 is 11.9 Å². The van der Waals surface area contributed by atoms with Gasteiger partial charge in [-0.05, 0) is 29.7 Å². The molecule has 0 aliphatic heterocycles. The number of carbonyl (C=O) groups excluding carboxylic acids is 2. The fraction of sp³-hybridized carbons (Fsp3) is 0.364. The Hall–Kier alpha value is -3.22. The zero-order chi connectivity index (χ0) is 21.2. The molecule has 0 aliphatic carbocycles. The SMILES string of the molecule is CC[C@@H](C(=O)OCC(=O)NCc1cc(OC)c(OC)c(OC)c1)c1ccccc1. The number of methoxy groups -OCH3 is 3. The van der Waals surface area contributed by atoms with Crippen LogP contribution >= 0.6 is 0 Å². The van der Waals surface area contributed by atoms with Crippen LogP contribution in [0.3, 0.4) is 0 Å². The molecule has 0 fully saturated rings. The molecule has 0 aromatic heterocycles. The molecule has 7 nitrogen and oxygen atoms in total. The number of nitrogens with one attached hydrogen (secondary N) is 1. The van der Waals surface area contributed by atoms with Gasteiger partial charge in [0.15, 0.2) is 18.1 Å². The number of hydrogen-bond donors (Lipinski definition) is 1. The second-order valence-electron chi connectivity index (χ2n) is 6.29. The average Bonchev–Trinajstić information content (AvgIpc) is 2.76. The van der Waals surface area contributed by atoms with Crippen molar-refractivity contribution in [3.05, 3.63) is 53.6 Å². The quantitative estimate of drug-likeness (QED) is 0.616. The van der Waals surface area contributed by atoms with Crippen LogP contribution in [0.1, 0.15) is 30.4 Å². The van der Waals surface area contributed by atoms with E-state index < -0.39 is 11.9 Å². The van der Waals surface area contributed by atoms with Gasteiger partial charge in [0.1, 0.15) is 0 Å². The van der Waals surface area contributed by atoms with Gasteiger partial charge < -0.3 is 24.3 Å². The lowest BCUT2D eigenvalue weighted by atomic mass is 9.97. The Kier molecular flexibility index (Phi) is 8.33. The van der Waals surface area contributed by atoms with E-state index in [4.69, 9.17) is 18.9 Å². The molecule has 0 aliphatic rings. The van der Waals surface area contributed by atoms with Gasteiger partial charge in [0.25, 0.3) is 5.91 Å². The van der Waals surface area contributed by atoms with Gasteiger partial charge >= 0.3 is 5.97 Å². The van der Waals surface area contributed by atoms with Crippen LogP contribution in [0.2, 0.25) is 0 Å². The second-order valence-corrected chi connectivity index (χ2v) is 6.29. The van der Waals surface area contributed by atoms with Crippen molar-refractivity contribution in [1.82, 2.24) is 5.32 Å². The van der Waals surface area contributed by atoms with E-state index in [1.54, 1.807) is 12.1 Å². The Bertz CT molecular complexity index is 796. The summed E-state index contributed by atoms with van der Waals surface area (Å²) in [6.07, 6.45) is 0.593. The summed E-state index contributed by atoms with van der Waals surface area (Å²) in [5, 5.41) is 2.72. The number of rotatable bonds is 10. The first kappa shape index (κ1) is 22.1. The molecular weight excluding hydrogens is 374 g/mol. The summed E-state index contributed by atoms with van der Waals surface area (Å²) in [7, 11) is 4.57. The molecule has 0 unspecified atom stereocenters. The van der Waals surface area contributed by atoms with Crippen molar-refractivity contribution in [1.29, 1.82) is 0 Å². The van der Waals surface area contributed by atoms with E-state index in [9.17, 15) is 9.59 Å². The lowest BCUT2D eigenvalue weighted by Gasteiger charge is -2.15. The van der Waals surface area contributed by atoms with E-state index >= 15 is 0 Å². The summed E-state index contributed by atoms with van der Waals surface area (Å²) in [5.74, 6) is 0.272. The Morgan fingerprint density at radius 1 is 0.966 bits per heavy atom. The average molecular weight is 401 g/mol. The zero-order valence-electron chi connectivity index (χ0n) is 17.2. The van der Waals surface area contributed by atoms with Crippen molar-refractivity contribution in [2.75, 3.05) is 27.9 Å². The molecule has 29 heavy (non-hydrogen) atoms. The minimum atomic E-state index is -0.415. The molecule has 7 heteroatoms. The molecule has 156 valence electrons. The highest BCUT2D eigenvalue weighted by Gasteiger charge is 2.21. The monoisotopic (exact) mass is 401 g/mol. The van der Waals surface area contributed by atoms with Gasteiger partial charge in [0.2, 0.25) is 5.75 Å². The summed E-state index contributed by atoms with van der Waals surface area (Å²) < 4.78 is 21.1. The fourth-order valence-electron chi connectivity index (χ4n) is 2.95. The molecule has 0 saturated carbocycles. The van der Waals surface area contributed by atoms with Crippen LogP contribution in [0.25, 0.3) is 0 Å². The van der Waals surface area contributed by atoms with E-state index in [1.807, 2.05) is 37.3 Å². The second kappa shape index (κ2) is 10.9. The molecular formula is C22H27NO6. The topological polar surface area (TPSA) is 83.1 Å². The fourth-order valence-corrected chi connectivity index (χ4v) is 2.95. The van der Waals surface area contributed by atoms with E-state index in [2.05, 4.69) is 5.32 Å². The van der Waals surface area contributed by atoms with Crippen LogP contribution in [-0.4, -0.2) is 39.8 Å². The van der Waals surface area contributed by atoms with Crippen LogP contribution in [0.15, 0.2) is 42.5 Å². The number of ether oxygens (including phenoxy) is 4. The smallest absolute Gasteiger partial charge is 0.313 e. The van der Waals surface area contributed by atoms with E-state index in [0.717, 1.165) is 11.1 Å². The predicted octanol–water partition coefficient (Wildman–Crippen LogP) is 3.07. The molecule has 1 amide bonds. The van der Waals surface area contributed by atoms with Gasteiger partial charge in [-0.15, -0.1) is 0 Å². The molecule has 0 bridgehead atoms. The Morgan fingerprint density at radius 2 is 1.59 bits per heavy atom. The third-order valence-electron chi connectivity index (χ3n) is 4.45. The molecule has 1 N–H and O–H groups in total. The third kappa shape index (κ3) is 5.88. The van der Waals surface area contributed by atoms with Crippen molar-refractivity contribution in [2.24, 2.45) is 0 Å². The highest BCUT2D eigenvalue weighted by Crippen LogP contribution is 2.38. The van der Waals surface area contributed by atoms with Crippen molar-refractivity contribution in [3.8, 4) is 17.2 Å². The van der Waals surface area contributed by atoms with Gasteiger partial charge in [0, 0.05) is 6.54 Å². The Morgan fingerprint density at radius 3 is 2.10 bits per heavy atom. The molecule has 0 saturated heterocycles. The predicted molar refractivity (Wildman–Crippen MR) is 108 cm³/mol. The molecule has 2 aromatic rings. The van der Waals surface area contributed by atoms with Crippen LogP contribution < -0.4 is 19.5 Å². The molecule has 0 radical (unpaired) electrons. The van der Waals surface area contributed by atoms with Gasteiger partial charge in [-0.25, -0.2) is 0 Å². The largest absolute Gasteiger partial charge is 0.493 e. The standard InChI is InChI=1S/C22H27NO6/c1-5-17(16-9-7-6-8-10-16)22(25)29-14-20(24)23-13-15-11-18(26-2)21(28-4)19(12-15)27-3/h6-12,17H,5,13-14H2,1-4H3,(H,23,24)/t17-/m1/s1.